The molecule has 1 amide bonds. The second-order valence-electron chi connectivity index (χ2n) is 2.66. The van der Waals surface area contributed by atoms with Crippen LogP contribution in [0.3, 0.4) is 0 Å². The van der Waals surface area contributed by atoms with Crippen LogP contribution in [-0.2, 0) is 9.53 Å². The quantitative estimate of drug-likeness (QED) is 0.390. The van der Waals surface area contributed by atoms with Crippen molar-refractivity contribution in [2.24, 2.45) is 4.99 Å². The van der Waals surface area contributed by atoms with Gasteiger partial charge in [-0.15, -0.1) is 0 Å². The predicted molar refractivity (Wildman–Crippen MR) is 56.7 cm³/mol. The van der Waals surface area contributed by atoms with E-state index in [-0.39, 0.29) is 4.83 Å². The Bertz CT molecular complexity index is 422. The molecule has 0 spiro atoms. The molecular formula is C8H3Br2NO3. The third-order valence-electron chi connectivity index (χ3n) is 1.74. The minimum absolute atomic E-state index is 0.242. The number of cyclic esters (lactones) is 2. The number of hydrogen-bond donors (Lipinski definition) is 0. The van der Waals surface area contributed by atoms with Crippen LogP contribution in [0.25, 0.3) is 0 Å². The topological polar surface area (TPSA) is 55.7 Å². The molecule has 0 bridgehead atoms. The van der Waals surface area contributed by atoms with Crippen LogP contribution >= 0.6 is 31.9 Å². The van der Waals surface area contributed by atoms with Gasteiger partial charge in [-0.25, -0.2) is 9.59 Å². The van der Waals surface area contributed by atoms with Crippen LogP contribution in [0.2, 0.25) is 0 Å². The monoisotopic (exact) mass is 319 g/mol. The number of carbonyl (C=O) groups is 2. The second kappa shape index (κ2) is 3.43. The number of esters is 1. The van der Waals surface area contributed by atoms with Crippen LogP contribution in [-0.4, -0.2) is 22.6 Å². The Hall–Kier alpha value is -0.750. The van der Waals surface area contributed by atoms with Gasteiger partial charge in [0.15, 0.2) is 0 Å². The highest BCUT2D eigenvalue weighted by atomic mass is 79.9. The zero-order valence-corrected chi connectivity index (χ0v) is 9.83. The van der Waals surface area contributed by atoms with Gasteiger partial charge in [-0.1, -0.05) is 37.9 Å². The summed E-state index contributed by atoms with van der Waals surface area (Å²) in [6, 6.07) is 0. The molecule has 0 radical (unpaired) electrons. The molecule has 2 aliphatic rings. The fourth-order valence-electron chi connectivity index (χ4n) is 1.17. The molecule has 1 aliphatic carbocycles. The largest absolute Gasteiger partial charge is 0.441 e. The lowest BCUT2D eigenvalue weighted by atomic mass is 10.0. The number of fused-ring (bicyclic) bond motifs is 1. The maximum absolute atomic E-state index is 11.3. The molecule has 1 unspecified atom stereocenters. The molecule has 2 rings (SSSR count). The molecular weight excluding hydrogens is 318 g/mol. The van der Waals surface area contributed by atoms with E-state index < -0.39 is 12.1 Å². The predicted octanol–water partition coefficient (Wildman–Crippen LogP) is 2.09. The first-order valence-electron chi connectivity index (χ1n) is 3.66. The van der Waals surface area contributed by atoms with Crippen molar-refractivity contribution in [2.75, 3.05) is 0 Å². The van der Waals surface area contributed by atoms with E-state index in [4.69, 9.17) is 0 Å². The van der Waals surface area contributed by atoms with Gasteiger partial charge >= 0.3 is 12.1 Å². The van der Waals surface area contributed by atoms with Crippen molar-refractivity contribution in [1.82, 2.24) is 0 Å². The highest BCUT2D eigenvalue weighted by Gasteiger charge is 2.32. The molecule has 14 heavy (non-hydrogen) atoms. The first-order chi connectivity index (χ1) is 6.58. The number of allylic oxidation sites excluding steroid dienone is 3. The number of carbonyl (C=O) groups excluding carboxylic acids is 2. The average molecular weight is 321 g/mol. The molecule has 1 atom stereocenters. The summed E-state index contributed by atoms with van der Waals surface area (Å²) in [6.07, 6.45) is 2.50. The summed E-state index contributed by atoms with van der Waals surface area (Å²) in [5.41, 5.74) is 0.704. The van der Waals surface area contributed by atoms with Crippen LogP contribution in [0.4, 0.5) is 4.79 Å². The van der Waals surface area contributed by atoms with Gasteiger partial charge in [-0.2, -0.15) is 4.99 Å². The van der Waals surface area contributed by atoms with Crippen LogP contribution in [0.15, 0.2) is 27.2 Å². The number of ether oxygens (including phenoxy) is 1. The number of nitrogens with zero attached hydrogens (tertiary/aromatic N) is 1. The van der Waals surface area contributed by atoms with E-state index in [1.54, 1.807) is 12.2 Å². The summed E-state index contributed by atoms with van der Waals surface area (Å²) in [6.45, 7) is 0. The van der Waals surface area contributed by atoms with Gasteiger partial charge in [0.2, 0.25) is 0 Å². The third-order valence-corrected chi connectivity index (χ3v) is 2.93. The Kier molecular flexibility index (Phi) is 2.40. The molecule has 0 saturated heterocycles. The number of rotatable bonds is 0. The summed E-state index contributed by atoms with van der Waals surface area (Å²) < 4.78 is 5.10. The molecule has 72 valence electrons. The molecule has 0 fully saturated rings. The van der Waals surface area contributed by atoms with Gasteiger partial charge in [0.25, 0.3) is 0 Å². The smallest absolute Gasteiger partial charge is 0.371 e. The van der Waals surface area contributed by atoms with Crippen molar-refractivity contribution in [2.45, 2.75) is 4.83 Å². The van der Waals surface area contributed by atoms with Gasteiger partial charge in [0.1, 0.15) is 0 Å². The zero-order valence-electron chi connectivity index (χ0n) is 6.66. The fraction of sp³-hybridized carbons (Fsp3) is 0.125. The van der Waals surface area contributed by atoms with Crippen LogP contribution in [0.5, 0.6) is 0 Å². The lowest BCUT2D eigenvalue weighted by Gasteiger charge is -2.19. The Balaban J connectivity index is 2.54. The van der Waals surface area contributed by atoms with E-state index in [2.05, 4.69) is 41.6 Å². The summed E-state index contributed by atoms with van der Waals surface area (Å²) >= 11 is 6.53. The van der Waals surface area contributed by atoms with Crippen molar-refractivity contribution in [3.05, 3.63) is 22.2 Å². The van der Waals surface area contributed by atoms with Gasteiger partial charge in [-0.05, 0) is 6.08 Å². The molecule has 1 heterocycles. The maximum atomic E-state index is 11.3. The molecule has 4 nitrogen and oxygen atoms in total. The third kappa shape index (κ3) is 1.59. The van der Waals surface area contributed by atoms with Gasteiger partial charge < -0.3 is 4.74 Å². The van der Waals surface area contributed by atoms with E-state index in [1.807, 2.05) is 0 Å². The van der Waals surface area contributed by atoms with Crippen LogP contribution < -0.4 is 0 Å². The summed E-state index contributed by atoms with van der Waals surface area (Å²) in [7, 11) is 0. The molecule has 0 aromatic heterocycles. The van der Waals surface area contributed by atoms with E-state index in [9.17, 15) is 9.59 Å². The minimum Gasteiger partial charge on any atom is -0.371 e. The summed E-state index contributed by atoms with van der Waals surface area (Å²) in [5, 5.41) is 0. The second-order valence-corrected chi connectivity index (χ2v) is 4.57. The number of aliphatic imine (C=N–C) groups is 1. The van der Waals surface area contributed by atoms with Crippen LogP contribution in [0.1, 0.15) is 0 Å². The summed E-state index contributed by atoms with van der Waals surface area (Å²) in [4.78, 5) is 25.5. The normalized spacial score (nSPS) is 25.9. The minimum atomic E-state index is -0.863. The molecule has 0 aromatic rings. The fourth-order valence-corrected chi connectivity index (χ4v) is 2.65. The Morgan fingerprint density at radius 2 is 2.14 bits per heavy atom. The maximum Gasteiger partial charge on any atom is 0.441 e. The first kappa shape index (κ1) is 9.79. The van der Waals surface area contributed by atoms with Gasteiger partial charge in [-0.3, -0.25) is 0 Å². The SMILES string of the molecule is O=C1N=C2C(=CC(Br)=CC2Br)C(=O)O1. The first-order valence-corrected chi connectivity index (χ1v) is 5.37. The van der Waals surface area contributed by atoms with E-state index in [0.717, 1.165) is 4.48 Å². The average Bonchev–Trinajstić information content (AvgIpc) is 2.07. The Morgan fingerprint density at radius 3 is 2.86 bits per heavy atom. The molecule has 0 saturated carbocycles. The van der Waals surface area contributed by atoms with Crippen LogP contribution in [0, 0.1) is 0 Å². The molecule has 0 aromatic carbocycles. The number of alkyl halides is 1. The standard InChI is InChI=1S/C8H3Br2NO3/c9-3-1-4-6(5(10)2-3)11-8(13)14-7(4)12/h1-2,5H. The Morgan fingerprint density at radius 1 is 1.43 bits per heavy atom. The molecule has 6 heteroatoms. The number of amides is 1. The lowest BCUT2D eigenvalue weighted by molar-refractivity contribution is -0.132. The van der Waals surface area contributed by atoms with Gasteiger partial charge in [0.05, 0.1) is 16.1 Å². The van der Waals surface area contributed by atoms with E-state index >= 15 is 0 Å². The Labute approximate surface area is 96.0 Å². The highest BCUT2D eigenvalue weighted by Crippen LogP contribution is 2.27. The number of halogens is 2. The number of hydrogen-bond acceptors (Lipinski definition) is 3. The highest BCUT2D eigenvalue weighted by molar-refractivity contribution is 9.12. The summed E-state index contributed by atoms with van der Waals surface area (Å²) in [5.74, 6) is -0.658. The van der Waals surface area contributed by atoms with Crippen molar-refractivity contribution >= 4 is 49.6 Å². The van der Waals surface area contributed by atoms with Crippen molar-refractivity contribution in [3.8, 4) is 0 Å². The van der Waals surface area contributed by atoms with Crippen molar-refractivity contribution in [3.63, 3.8) is 0 Å². The van der Waals surface area contributed by atoms with E-state index in [0.29, 0.717) is 11.3 Å². The van der Waals surface area contributed by atoms with Crippen molar-refractivity contribution in [1.29, 1.82) is 0 Å². The van der Waals surface area contributed by atoms with E-state index in [1.165, 1.54) is 0 Å². The van der Waals surface area contributed by atoms with Crippen molar-refractivity contribution < 1.29 is 14.3 Å². The lowest BCUT2D eigenvalue weighted by Crippen LogP contribution is -2.31. The van der Waals surface area contributed by atoms with Gasteiger partial charge in [0, 0.05) is 4.48 Å². The zero-order chi connectivity index (χ0) is 10.3. The molecule has 0 N–H and O–H groups in total. The molecule has 1 aliphatic heterocycles.